The average Bonchev–Trinajstić information content (AvgIpc) is 2.72. The molecule has 0 aliphatic rings. The van der Waals surface area contributed by atoms with Gasteiger partial charge in [-0.05, 0) is 110 Å². The van der Waals surface area contributed by atoms with Gasteiger partial charge in [0.2, 0.25) is 0 Å². The van der Waals surface area contributed by atoms with Crippen LogP contribution in [0.5, 0.6) is 17.2 Å². The molecule has 0 fully saturated rings. The van der Waals surface area contributed by atoms with Gasteiger partial charge in [-0.3, -0.25) is 9.59 Å². The largest absolute Gasteiger partial charge is 0.480 e. The maximum atomic E-state index is 12.0. The molecule has 11 heteroatoms. The summed E-state index contributed by atoms with van der Waals surface area (Å²) in [5.41, 5.74) is 6.44. The number of Topliss-reactive ketones (excluding diaryl/α,β-unsaturated/α-hetero) is 1. The number of ketones is 1. The van der Waals surface area contributed by atoms with Gasteiger partial charge in [0, 0.05) is 5.92 Å². The van der Waals surface area contributed by atoms with Crippen LogP contribution in [0.25, 0.3) is 0 Å². The van der Waals surface area contributed by atoms with Crippen molar-refractivity contribution in [3.63, 3.8) is 0 Å². The Bertz CT molecular complexity index is 1020. The number of ether oxygens (including phenoxy) is 3. The fourth-order valence-electron chi connectivity index (χ4n) is 2.47. The minimum Gasteiger partial charge on any atom is -0.480 e. The Hall–Kier alpha value is -1.04. The van der Waals surface area contributed by atoms with E-state index in [9.17, 15) is 14.4 Å². The van der Waals surface area contributed by atoms with Crippen LogP contribution in [0.2, 0.25) is 0 Å². The molecule has 33 heavy (non-hydrogen) atoms. The van der Waals surface area contributed by atoms with Crippen LogP contribution in [0.1, 0.15) is 19.4 Å². The number of carboxylic acid groups (broad SMARTS) is 1. The van der Waals surface area contributed by atoms with Crippen molar-refractivity contribution in [1.29, 1.82) is 0 Å². The number of carbonyl (C=O) groups excluding carboxylic acids is 2. The van der Waals surface area contributed by atoms with Crippen LogP contribution in [-0.4, -0.2) is 42.1 Å². The van der Waals surface area contributed by atoms with Gasteiger partial charge >= 0.3 is 11.9 Å². The molecule has 0 bridgehead atoms. The summed E-state index contributed by atoms with van der Waals surface area (Å²) in [6.45, 7) is 3.08. The number of carboxylic acids is 1. The molecule has 2 aromatic carbocycles. The smallest absolute Gasteiger partial charge is 0.337 e. The standard InChI is InChI=1S/C22H22I3NO7/c1-11(2)18(27)9-31-10-20(28)33-19-4-3-13(8-14(19)23)32-21-15(24)5-12(6-16(21)25)7-17(26)22(29)30/h3-6,8,11,17H,7,9-10,26H2,1-2H3,(H,29,30)/t17-/m0/s1. The summed E-state index contributed by atoms with van der Waals surface area (Å²) in [6.07, 6.45) is 0.217. The van der Waals surface area contributed by atoms with Crippen molar-refractivity contribution in [3.8, 4) is 17.2 Å². The number of hydrogen-bond donors (Lipinski definition) is 2. The fourth-order valence-corrected chi connectivity index (χ4v) is 5.18. The molecule has 178 valence electrons. The van der Waals surface area contributed by atoms with Crippen molar-refractivity contribution in [2.24, 2.45) is 11.7 Å². The lowest BCUT2D eigenvalue weighted by molar-refractivity contribution is -0.141. The SMILES string of the molecule is CC(C)C(=O)COCC(=O)Oc1ccc(Oc2c(I)cc(C[C@H](N)C(=O)O)cc2I)cc1I. The maximum Gasteiger partial charge on any atom is 0.337 e. The van der Waals surface area contributed by atoms with Crippen molar-refractivity contribution >= 4 is 85.5 Å². The lowest BCUT2D eigenvalue weighted by Crippen LogP contribution is -2.32. The predicted molar refractivity (Wildman–Crippen MR) is 147 cm³/mol. The molecule has 0 saturated heterocycles. The summed E-state index contributed by atoms with van der Waals surface area (Å²) in [5.74, 6) is -0.352. The molecule has 1 atom stereocenters. The topological polar surface area (TPSA) is 125 Å². The maximum absolute atomic E-state index is 12.0. The number of carbonyl (C=O) groups is 3. The lowest BCUT2D eigenvalue weighted by Gasteiger charge is -2.14. The van der Waals surface area contributed by atoms with Crippen molar-refractivity contribution in [1.82, 2.24) is 0 Å². The first-order valence-electron chi connectivity index (χ1n) is 9.72. The van der Waals surface area contributed by atoms with E-state index < -0.39 is 18.0 Å². The Balaban J connectivity index is 2.03. The number of aliphatic carboxylic acids is 1. The van der Waals surface area contributed by atoms with Crippen LogP contribution >= 0.6 is 67.8 Å². The van der Waals surface area contributed by atoms with E-state index in [0.29, 0.717) is 20.8 Å². The monoisotopic (exact) mass is 793 g/mol. The molecule has 0 radical (unpaired) electrons. The van der Waals surface area contributed by atoms with Crippen molar-refractivity contribution < 1.29 is 33.7 Å². The highest BCUT2D eigenvalue weighted by Crippen LogP contribution is 2.35. The van der Waals surface area contributed by atoms with E-state index in [1.165, 1.54) is 0 Å². The highest BCUT2D eigenvalue weighted by Gasteiger charge is 2.17. The van der Waals surface area contributed by atoms with E-state index in [1.807, 2.05) is 34.7 Å². The summed E-state index contributed by atoms with van der Waals surface area (Å²) < 4.78 is 18.7. The van der Waals surface area contributed by atoms with Gasteiger partial charge in [-0.25, -0.2) is 4.79 Å². The molecule has 0 unspecified atom stereocenters. The molecule has 0 aliphatic carbocycles. The highest BCUT2D eigenvalue weighted by molar-refractivity contribution is 14.1. The third-order valence-corrected chi connectivity index (χ3v) is 6.73. The zero-order valence-electron chi connectivity index (χ0n) is 17.8. The van der Waals surface area contributed by atoms with Crippen LogP contribution in [0.15, 0.2) is 30.3 Å². The summed E-state index contributed by atoms with van der Waals surface area (Å²) in [6, 6.07) is 7.73. The molecule has 2 aromatic rings. The highest BCUT2D eigenvalue weighted by atomic mass is 127. The van der Waals surface area contributed by atoms with E-state index >= 15 is 0 Å². The second-order valence-corrected chi connectivity index (χ2v) is 10.8. The minimum atomic E-state index is -1.05. The van der Waals surface area contributed by atoms with Crippen LogP contribution < -0.4 is 15.2 Å². The molecular formula is C22H22I3NO7. The molecule has 0 spiro atoms. The first-order chi connectivity index (χ1) is 15.5. The fraction of sp³-hybridized carbons (Fsp3) is 0.318. The van der Waals surface area contributed by atoms with Crippen LogP contribution in [-0.2, 0) is 25.5 Å². The predicted octanol–water partition coefficient (Wildman–Crippen LogP) is 4.39. The first-order valence-corrected chi connectivity index (χ1v) is 13.0. The molecule has 0 aliphatic heterocycles. The molecule has 0 aromatic heterocycles. The quantitative estimate of drug-likeness (QED) is 0.195. The van der Waals surface area contributed by atoms with E-state index in [2.05, 4.69) is 45.2 Å². The van der Waals surface area contributed by atoms with Crippen LogP contribution in [0, 0.1) is 16.6 Å². The Morgan fingerprint density at radius 1 is 1.00 bits per heavy atom. The van der Waals surface area contributed by atoms with Gasteiger partial charge in [0.05, 0.1) is 10.7 Å². The van der Waals surface area contributed by atoms with E-state index in [1.54, 1.807) is 32.0 Å². The second kappa shape index (κ2) is 13.2. The van der Waals surface area contributed by atoms with Gasteiger partial charge in [-0.2, -0.15) is 0 Å². The van der Waals surface area contributed by atoms with Gasteiger partial charge in [0.1, 0.15) is 30.8 Å². The summed E-state index contributed by atoms with van der Waals surface area (Å²) in [5, 5.41) is 9.01. The lowest BCUT2D eigenvalue weighted by atomic mass is 10.1. The Morgan fingerprint density at radius 3 is 2.18 bits per heavy atom. The number of benzene rings is 2. The Morgan fingerprint density at radius 2 is 1.64 bits per heavy atom. The minimum absolute atomic E-state index is 0.0825. The molecule has 0 saturated carbocycles. The van der Waals surface area contributed by atoms with Crippen LogP contribution in [0.3, 0.4) is 0 Å². The summed E-state index contributed by atoms with van der Waals surface area (Å²) >= 11 is 6.29. The van der Waals surface area contributed by atoms with Gasteiger partial charge in [0.25, 0.3) is 0 Å². The molecular weight excluding hydrogens is 771 g/mol. The number of halogens is 3. The van der Waals surface area contributed by atoms with Crippen molar-refractivity contribution in [2.75, 3.05) is 13.2 Å². The van der Waals surface area contributed by atoms with Crippen molar-refractivity contribution in [2.45, 2.75) is 26.3 Å². The Labute approximate surface area is 232 Å². The van der Waals surface area contributed by atoms with Crippen LogP contribution in [0.4, 0.5) is 0 Å². The molecule has 8 nitrogen and oxygen atoms in total. The second-order valence-electron chi connectivity index (χ2n) is 7.32. The van der Waals surface area contributed by atoms with Gasteiger partial charge in [0.15, 0.2) is 11.5 Å². The van der Waals surface area contributed by atoms with E-state index in [4.69, 9.17) is 25.1 Å². The molecule has 2 rings (SSSR count). The normalized spacial score (nSPS) is 11.8. The van der Waals surface area contributed by atoms with Gasteiger partial charge in [-0.15, -0.1) is 0 Å². The first kappa shape index (κ1) is 28.2. The van der Waals surface area contributed by atoms with E-state index in [-0.39, 0.29) is 31.3 Å². The Kier molecular flexibility index (Phi) is 11.2. The number of rotatable bonds is 11. The zero-order valence-corrected chi connectivity index (χ0v) is 24.2. The number of nitrogens with two attached hydrogens (primary N) is 1. The van der Waals surface area contributed by atoms with Gasteiger partial charge in [-0.1, -0.05) is 13.8 Å². The number of hydrogen-bond acceptors (Lipinski definition) is 7. The molecule has 0 amide bonds. The molecule has 3 N–H and O–H groups in total. The summed E-state index contributed by atoms with van der Waals surface area (Å²) in [4.78, 5) is 34.5. The number of esters is 1. The molecule has 0 heterocycles. The van der Waals surface area contributed by atoms with Gasteiger partial charge < -0.3 is 25.1 Å². The summed E-state index contributed by atoms with van der Waals surface area (Å²) in [7, 11) is 0. The van der Waals surface area contributed by atoms with Crippen molar-refractivity contribution in [3.05, 3.63) is 46.6 Å². The average molecular weight is 793 g/mol. The third kappa shape index (κ3) is 8.92. The van der Waals surface area contributed by atoms with E-state index in [0.717, 1.165) is 12.7 Å². The third-order valence-electron chi connectivity index (χ3n) is 4.29. The zero-order chi connectivity index (χ0) is 24.7.